The second kappa shape index (κ2) is 4.31. The summed E-state index contributed by atoms with van der Waals surface area (Å²) in [4.78, 5) is 14.6. The van der Waals surface area contributed by atoms with Crippen LogP contribution in [0.3, 0.4) is 0 Å². The van der Waals surface area contributed by atoms with Gasteiger partial charge in [0, 0.05) is 12.7 Å². The molecular formula is C12H15FN2O2. The number of halogens is 1. The molecule has 1 heterocycles. The fourth-order valence-corrected chi connectivity index (χ4v) is 1.99. The van der Waals surface area contributed by atoms with Crippen molar-refractivity contribution in [2.24, 2.45) is 5.41 Å². The van der Waals surface area contributed by atoms with Crippen molar-refractivity contribution in [3.05, 3.63) is 23.6 Å². The summed E-state index contributed by atoms with van der Waals surface area (Å²) in [5.74, 6) is -2.04. The molecule has 5 heteroatoms. The lowest BCUT2D eigenvalue weighted by Gasteiger charge is -2.38. The molecule has 0 saturated heterocycles. The lowest BCUT2D eigenvalue weighted by Crippen LogP contribution is -2.33. The molecule has 0 aliphatic heterocycles. The minimum absolute atomic E-state index is 0.0259. The van der Waals surface area contributed by atoms with Gasteiger partial charge in [0.25, 0.3) is 0 Å². The van der Waals surface area contributed by atoms with Gasteiger partial charge in [0.15, 0.2) is 11.6 Å². The fourth-order valence-electron chi connectivity index (χ4n) is 1.99. The topological polar surface area (TPSA) is 62.2 Å². The third-order valence-electron chi connectivity index (χ3n) is 3.36. The van der Waals surface area contributed by atoms with Crippen molar-refractivity contribution in [1.82, 2.24) is 4.98 Å². The van der Waals surface area contributed by atoms with Crippen LogP contribution in [0.25, 0.3) is 0 Å². The molecular weight excluding hydrogens is 223 g/mol. The average Bonchev–Trinajstić information content (AvgIpc) is 2.25. The normalized spacial score (nSPS) is 17.3. The van der Waals surface area contributed by atoms with E-state index in [1.54, 1.807) is 0 Å². The Morgan fingerprint density at radius 3 is 2.88 bits per heavy atom. The monoisotopic (exact) mass is 238 g/mol. The van der Waals surface area contributed by atoms with Gasteiger partial charge in [-0.1, -0.05) is 13.3 Å². The van der Waals surface area contributed by atoms with E-state index in [1.165, 1.54) is 12.6 Å². The zero-order valence-electron chi connectivity index (χ0n) is 9.66. The Morgan fingerprint density at radius 2 is 2.35 bits per heavy atom. The second-order valence-electron chi connectivity index (χ2n) is 4.84. The summed E-state index contributed by atoms with van der Waals surface area (Å²) in [6.07, 6.45) is 4.72. The number of hydrogen-bond donors (Lipinski definition) is 2. The summed E-state index contributed by atoms with van der Waals surface area (Å²) >= 11 is 0. The van der Waals surface area contributed by atoms with Gasteiger partial charge in [-0.3, -0.25) is 0 Å². The Morgan fingerprint density at radius 1 is 1.65 bits per heavy atom. The van der Waals surface area contributed by atoms with E-state index in [9.17, 15) is 9.18 Å². The first kappa shape index (κ1) is 11.8. The molecule has 0 amide bonds. The van der Waals surface area contributed by atoms with Gasteiger partial charge in [0.1, 0.15) is 5.56 Å². The predicted molar refractivity (Wildman–Crippen MR) is 61.6 cm³/mol. The number of carbonyl (C=O) groups is 1. The Hall–Kier alpha value is -1.65. The molecule has 0 aromatic carbocycles. The molecule has 1 fully saturated rings. The number of aromatic nitrogens is 1. The van der Waals surface area contributed by atoms with Crippen LogP contribution >= 0.6 is 0 Å². The van der Waals surface area contributed by atoms with E-state index in [1.807, 2.05) is 0 Å². The summed E-state index contributed by atoms with van der Waals surface area (Å²) in [5.41, 5.74) is -0.158. The van der Waals surface area contributed by atoms with Gasteiger partial charge in [-0.25, -0.2) is 14.2 Å². The molecule has 1 aliphatic rings. The van der Waals surface area contributed by atoms with Crippen LogP contribution in [0.5, 0.6) is 0 Å². The van der Waals surface area contributed by atoms with E-state index in [4.69, 9.17) is 5.11 Å². The van der Waals surface area contributed by atoms with E-state index in [-0.39, 0.29) is 16.8 Å². The van der Waals surface area contributed by atoms with E-state index in [0.717, 1.165) is 18.9 Å². The van der Waals surface area contributed by atoms with Gasteiger partial charge >= 0.3 is 5.97 Å². The van der Waals surface area contributed by atoms with E-state index in [0.29, 0.717) is 6.54 Å². The van der Waals surface area contributed by atoms with Crippen LogP contribution in [0.15, 0.2) is 12.3 Å². The molecule has 0 bridgehead atoms. The molecule has 2 rings (SSSR count). The second-order valence-corrected chi connectivity index (χ2v) is 4.84. The number of hydrogen-bond acceptors (Lipinski definition) is 3. The van der Waals surface area contributed by atoms with Crippen molar-refractivity contribution < 1.29 is 14.3 Å². The number of anilines is 1. The van der Waals surface area contributed by atoms with Gasteiger partial charge in [-0.05, 0) is 24.3 Å². The highest BCUT2D eigenvalue weighted by Gasteiger charge is 2.31. The lowest BCUT2D eigenvalue weighted by molar-refractivity contribution is 0.0692. The molecule has 1 aliphatic carbocycles. The standard InChI is InChI=1S/C12H15FN2O2/c1-12(4-2-5-12)7-15-10-9(13)8(11(16)17)3-6-14-10/h3,6H,2,4-5,7H2,1H3,(H,14,15)(H,16,17). The molecule has 0 atom stereocenters. The summed E-state index contributed by atoms with van der Waals surface area (Å²) < 4.78 is 13.7. The maximum atomic E-state index is 13.7. The van der Waals surface area contributed by atoms with Crippen LogP contribution in [0.2, 0.25) is 0 Å². The highest BCUT2D eigenvalue weighted by Crippen LogP contribution is 2.40. The zero-order chi connectivity index (χ0) is 12.5. The Balaban J connectivity index is 2.10. The van der Waals surface area contributed by atoms with Crippen molar-refractivity contribution in [3.63, 3.8) is 0 Å². The maximum absolute atomic E-state index is 13.7. The van der Waals surface area contributed by atoms with Crippen molar-refractivity contribution in [3.8, 4) is 0 Å². The van der Waals surface area contributed by atoms with Gasteiger partial charge in [-0.15, -0.1) is 0 Å². The van der Waals surface area contributed by atoms with Crippen LogP contribution in [-0.2, 0) is 0 Å². The SMILES string of the molecule is CC1(CNc2nccc(C(=O)O)c2F)CCC1. The minimum Gasteiger partial charge on any atom is -0.478 e. The zero-order valence-corrected chi connectivity index (χ0v) is 9.66. The summed E-state index contributed by atoms with van der Waals surface area (Å²) in [5, 5.41) is 11.7. The molecule has 0 unspecified atom stereocenters. The summed E-state index contributed by atoms with van der Waals surface area (Å²) in [7, 11) is 0. The van der Waals surface area contributed by atoms with Crippen molar-refractivity contribution in [2.75, 3.05) is 11.9 Å². The quantitative estimate of drug-likeness (QED) is 0.846. The molecule has 0 spiro atoms. The highest BCUT2D eigenvalue weighted by atomic mass is 19.1. The molecule has 1 aromatic rings. The number of nitrogens with zero attached hydrogens (tertiary/aromatic N) is 1. The van der Waals surface area contributed by atoms with Crippen LogP contribution in [0.4, 0.5) is 10.2 Å². The fraction of sp³-hybridized carbons (Fsp3) is 0.500. The molecule has 2 N–H and O–H groups in total. The first-order chi connectivity index (χ1) is 8.02. The van der Waals surface area contributed by atoms with Crippen molar-refractivity contribution >= 4 is 11.8 Å². The smallest absolute Gasteiger partial charge is 0.338 e. The Kier molecular flexibility index (Phi) is 3.00. The number of pyridine rings is 1. The number of rotatable bonds is 4. The third-order valence-corrected chi connectivity index (χ3v) is 3.36. The first-order valence-corrected chi connectivity index (χ1v) is 5.63. The highest BCUT2D eigenvalue weighted by molar-refractivity contribution is 5.88. The molecule has 4 nitrogen and oxygen atoms in total. The molecule has 17 heavy (non-hydrogen) atoms. The largest absolute Gasteiger partial charge is 0.478 e. The number of carboxylic acid groups (broad SMARTS) is 1. The maximum Gasteiger partial charge on any atom is 0.338 e. The Bertz CT molecular complexity index is 444. The summed E-state index contributed by atoms with van der Waals surface area (Å²) in [6, 6.07) is 1.16. The predicted octanol–water partition coefficient (Wildman–Crippen LogP) is 2.52. The van der Waals surface area contributed by atoms with Gasteiger partial charge in [0.05, 0.1) is 0 Å². The van der Waals surface area contributed by atoms with Crippen LogP contribution in [0, 0.1) is 11.2 Å². The third kappa shape index (κ3) is 2.38. The average molecular weight is 238 g/mol. The van der Waals surface area contributed by atoms with Gasteiger partial charge in [0.2, 0.25) is 0 Å². The van der Waals surface area contributed by atoms with Crippen molar-refractivity contribution in [2.45, 2.75) is 26.2 Å². The van der Waals surface area contributed by atoms with Crippen LogP contribution in [0.1, 0.15) is 36.5 Å². The molecule has 92 valence electrons. The molecule has 1 aromatic heterocycles. The number of aromatic carboxylic acids is 1. The first-order valence-electron chi connectivity index (χ1n) is 5.63. The van der Waals surface area contributed by atoms with E-state index < -0.39 is 11.8 Å². The minimum atomic E-state index is -1.28. The van der Waals surface area contributed by atoms with Crippen molar-refractivity contribution in [1.29, 1.82) is 0 Å². The Labute approximate surface area is 98.9 Å². The van der Waals surface area contributed by atoms with Gasteiger partial charge in [-0.2, -0.15) is 0 Å². The number of nitrogens with one attached hydrogen (secondary N) is 1. The van der Waals surface area contributed by atoms with E-state index in [2.05, 4.69) is 17.2 Å². The molecule has 1 saturated carbocycles. The number of carboxylic acids is 1. The van der Waals surface area contributed by atoms with Crippen LogP contribution in [-0.4, -0.2) is 22.6 Å². The lowest BCUT2D eigenvalue weighted by atomic mass is 9.70. The summed E-state index contributed by atoms with van der Waals surface area (Å²) in [6.45, 7) is 2.75. The molecule has 0 radical (unpaired) electrons. The van der Waals surface area contributed by atoms with Crippen LogP contribution < -0.4 is 5.32 Å². The van der Waals surface area contributed by atoms with Gasteiger partial charge < -0.3 is 10.4 Å². The van der Waals surface area contributed by atoms with E-state index >= 15 is 0 Å².